The van der Waals surface area contributed by atoms with Crippen molar-refractivity contribution in [3.05, 3.63) is 53.0 Å². The van der Waals surface area contributed by atoms with Gasteiger partial charge in [0.05, 0.1) is 21.3 Å². The number of carbonyl (C=O) groups is 2. The molecule has 0 fully saturated rings. The van der Waals surface area contributed by atoms with E-state index >= 15 is 0 Å². The number of thiazole rings is 1. The summed E-state index contributed by atoms with van der Waals surface area (Å²) in [6.07, 6.45) is 0. The second-order valence-corrected chi connectivity index (χ2v) is 7.24. The summed E-state index contributed by atoms with van der Waals surface area (Å²) in [6.45, 7) is -0.147. The van der Waals surface area contributed by atoms with Crippen LogP contribution in [0.15, 0.2) is 51.9 Å². The van der Waals surface area contributed by atoms with Crippen LogP contribution in [0.5, 0.6) is 11.5 Å². The topological polar surface area (TPSA) is 92.3 Å². The Balaban J connectivity index is 1.92. The number of ether oxygens (including phenoxy) is 3. The monoisotopic (exact) mass is 426 g/mol. The van der Waals surface area contributed by atoms with E-state index in [4.69, 9.17) is 18.6 Å². The SMILES string of the molecule is COC(=O)Cn1c(=NC(=O)c2cc3ccccc3o2)sc2c(OC)ccc(OC)c21. The molecule has 1 amide bonds. The van der Waals surface area contributed by atoms with Crippen LogP contribution in [0.2, 0.25) is 0 Å². The van der Waals surface area contributed by atoms with Gasteiger partial charge >= 0.3 is 11.9 Å². The Hall–Kier alpha value is -3.59. The first-order valence-corrected chi connectivity index (χ1v) is 9.76. The molecular weight excluding hydrogens is 408 g/mol. The number of hydrogen-bond acceptors (Lipinski definition) is 7. The molecule has 0 N–H and O–H groups in total. The average molecular weight is 426 g/mol. The Morgan fingerprint density at radius 1 is 1.07 bits per heavy atom. The molecule has 0 unspecified atom stereocenters. The van der Waals surface area contributed by atoms with E-state index in [9.17, 15) is 9.59 Å². The van der Waals surface area contributed by atoms with Gasteiger partial charge in [-0.15, -0.1) is 0 Å². The van der Waals surface area contributed by atoms with Crippen molar-refractivity contribution in [3.63, 3.8) is 0 Å². The minimum absolute atomic E-state index is 0.109. The van der Waals surface area contributed by atoms with Gasteiger partial charge in [-0.05, 0) is 24.3 Å². The smallest absolute Gasteiger partial charge is 0.325 e. The Morgan fingerprint density at radius 3 is 2.50 bits per heavy atom. The number of amides is 1. The fraction of sp³-hybridized carbons (Fsp3) is 0.190. The quantitative estimate of drug-likeness (QED) is 0.454. The molecule has 0 spiro atoms. The van der Waals surface area contributed by atoms with Gasteiger partial charge in [-0.3, -0.25) is 9.59 Å². The molecule has 30 heavy (non-hydrogen) atoms. The van der Waals surface area contributed by atoms with E-state index in [2.05, 4.69) is 4.99 Å². The maximum Gasteiger partial charge on any atom is 0.325 e. The molecule has 9 heteroatoms. The second kappa shape index (κ2) is 8.03. The molecule has 0 saturated heterocycles. The van der Waals surface area contributed by atoms with E-state index in [0.717, 1.165) is 5.39 Å². The number of para-hydroxylation sites is 1. The van der Waals surface area contributed by atoms with Gasteiger partial charge < -0.3 is 23.2 Å². The van der Waals surface area contributed by atoms with Crippen molar-refractivity contribution in [2.45, 2.75) is 6.54 Å². The number of carbonyl (C=O) groups excluding carboxylic acids is 2. The Bertz CT molecular complexity index is 1300. The highest BCUT2D eigenvalue weighted by Gasteiger charge is 2.19. The maximum atomic E-state index is 12.8. The van der Waals surface area contributed by atoms with E-state index in [0.29, 0.717) is 32.1 Å². The number of benzene rings is 2. The zero-order valence-electron chi connectivity index (χ0n) is 16.5. The molecule has 2 heterocycles. The highest BCUT2D eigenvalue weighted by atomic mass is 32.1. The van der Waals surface area contributed by atoms with Gasteiger partial charge in [0.15, 0.2) is 10.6 Å². The van der Waals surface area contributed by atoms with Gasteiger partial charge in [0.25, 0.3) is 0 Å². The molecule has 0 aliphatic rings. The predicted molar refractivity (Wildman–Crippen MR) is 111 cm³/mol. The third-order valence-corrected chi connectivity index (χ3v) is 5.63. The van der Waals surface area contributed by atoms with Crippen LogP contribution in [-0.4, -0.2) is 37.8 Å². The highest BCUT2D eigenvalue weighted by Crippen LogP contribution is 2.35. The zero-order chi connectivity index (χ0) is 21.3. The number of nitrogens with zero attached hydrogens (tertiary/aromatic N) is 2. The summed E-state index contributed by atoms with van der Waals surface area (Å²) >= 11 is 1.21. The largest absolute Gasteiger partial charge is 0.495 e. The number of fused-ring (bicyclic) bond motifs is 2. The summed E-state index contributed by atoms with van der Waals surface area (Å²) in [4.78, 5) is 29.4. The third kappa shape index (κ3) is 3.43. The molecule has 0 atom stereocenters. The molecule has 2 aromatic carbocycles. The van der Waals surface area contributed by atoms with Gasteiger partial charge in [-0.1, -0.05) is 29.5 Å². The lowest BCUT2D eigenvalue weighted by Gasteiger charge is -2.09. The number of aromatic nitrogens is 1. The van der Waals surface area contributed by atoms with Crippen LogP contribution in [-0.2, 0) is 16.1 Å². The molecule has 0 saturated carbocycles. The van der Waals surface area contributed by atoms with Crippen molar-refractivity contribution in [1.82, 2.24) is 4.57 Å². The van der Waals surface area contributed by atoms with Crippen LogP contribution in [0.4, 0.5) is 0 Å². The number of esters is 1. The first-order valence-electron chi connectivity index (χ1n) is 8.94. The van der Waals surface area contributed by atoms with Crippen LogP contribution in [0.25, 0.3) is 21.2 Å². The van der Waals surface area contributed by atoms with E-state index in [1.807, 2.05) is 18.2 Å². The highest BCUT2D eigenvalue weighted by molar-refractivity contribution is 7.16. The first kappa shape index (κ1) is 19.7. The molecular formula is C21H18N2O6S. The third-order valence-electron chi connectivity index (χ3n) is 4.54. The number of methoxy groups -OCH3 is 3. The van der Waals surface area contributed by atoms with Crippen molar-refractivity contribution >= 4 is 44.4 Å². The van der Waals surface area contributed by atoms with Crippen LogP contribution in [0.3, 0.4) is 0 Å². The summed E-state index contributed by atoms with van der Waals surface area (Å²) in [6, 6.07) is 12.4. The zero-order valence-corrected chi connectivity index (χ0v) is 17.3. The van der Waals surface area contributed by atoms with Crippen LogP contribution >= 0.6 is 11.3 Å². The number of furan rings is 1. The summed E-state index contributed by atoms with van der Waals surface area (Å²) in [5.74, 6) is 0.152. The van der Waals surface area contributed by atoms with Gasteiger partial charge in [-0.25, -0.2) is 0 Å². The predicted octanol–water partition coefficient (Wildman–Crippen LogP) is 3.38. The summed E-state index contributed by atoms with van der Waals surface area (Å²) in [7, 11) is 4.37. The molecule has 2 aromatic heterocycles. The molecule has 0 aliphatic heterocycles. The number of hydrogen-bond donors (Lipinski definition) is 0. The van der Waals surface area contributed by atoms with Gasteiger partial charge in [-0.2, -0.15) is 4.99 Å². The Kier molecular flexibility index (Phi) is 5.28. The van der Waals surface area contributed by atoms with Crippen LogP contribution in [0.1, 0.15) is 10.6 Å². The minimum atomic E-state index is -0.561. The molecule has 0 aliphatic carbocycles. The normalized spacial score (nSPS) is 11.8. The summed E-state index contributed by atoms with van der Waals surface area (Å²) in [5.41, 5.74) is 1.18. The van der Waals surface area contributed by atoms with E-state index < -0.39 is 11.9 Å². The molecule has 4 rings (SSSR count). The fourth-order valence-corrected chi connectivity index (χ4v) is 4.25. The maximum absolute atomic E-state index is 12.8. The van der Waals surface area contributed by atoms with Gasteiger partial charge in [0.1, 0.15) is 33.8 Å². The lowest BCUT2D eigenvalue weighted by atomic mass is 10.2. The average Bonchev–Trinajstić information content (AvgIpc) is 3.35. The standard InChI is InChI=1S/C21H18N2O6S/c1-26-14-8-9-15(27-2)19-18(14)23(11-17(24)28-3)21(30-19)22-20(25)16-10-12-6-4-5-7-13(12)29-16/h4-10H,11H2,1-3H3. The first-order chi connectivity index (χ1) is 14.5. The summed E-state index contributed by atoms with van der Waals surface area (Å²) in [5, 5.41) is 0.804. The number of rotatable bonds is 5. The van der Waals surface area contributed by atoms with Crippen LogP contribution in [0, 0.1) is 0 Å². The molecule has 8 nitrogen and oxygen atoms in total. The van der Waals surface area contributed by atoms with E-state index in [1.165, 1.54) is 25.6 Å². The molecule has 154 valence electrons. The minimum Gasteiger partial charge on any atom is -0.495 e. The summed E-state index contributed by atoms with van der Waals surface area (Å²) < 4.78 is 23.6. The second-order valence-electron chi connectivity index (χ2n) is 6.26. The molecule has 0 radical (unpaired) electrons. The van der Waals surface area contributed by atoms with Crippen molar-refractivity contribution in [3.8, 4) is 11.5 Å². The van der Waals surface area contributed by atoms with Crippen molar-refractivity contribution in [2.75, 3.05) is 21.3 Å². The van der Waals surface area contributed by atoms with Crippen LogP contribution < -0.4 is 14.3 Å². The van der Waals surface area contributed by atoms with Gasteiger partial charge in [0, 0.05) is 5.39 Å². The Morgan fingerprint density at radius 2 is 1.80 bits per heavy atom. The van der Waals surface area contributed by atoms with Crippen molar-refractivity contribution < 1.29 is 28.2 Å². The fourth-order valence-electron chi connectivity index (χ4n) is 3.11. The lowest BCUT2D eigenvalue weighted by molar-refractivity contribution is -0.141. The van der Waals surface area contributed by atoms with Gasteiger partial charge in [0.2, 0.25) is 0 Å². The van der Waals surface area contributed by atoms with E-state index in [1.54, 1.807) is 35.9 Å². The van der Waals surface area contributed by atoms with E-state index in [-0.39, 0.29) is 12.3 Å². The lowest BCUT2D eigenvalue weighted by Crippen LogP contribution is -2.22. The van der Waals surface area contributed by atoms with Crippen molar-refractivity contribution in [1.29, 1.82) is 0 Å². The molecule has 4 aromatic rings. The molecule has 0 bridgehead atoms. The van der Waals surface area contributed by atoms with Crippen molar-refractivity contribution in [2.24, 2.45) is 4.99 Å². The Labute approximate surface area is 174 Å².